The van der Waals surface area contributed by atoms with Crippen molar-refractivity contribution >= 4 is 5.69 Å². The lowest BCUT2D eigenvalue weighted by molar-refractivity contribution is -0.0304. The Bertz CT molecular complexity index is 719. The summed E-state index contributed by atoms with van der Waals surface area (Å²) in [6, 6.07) is 0.456. The molecule has 0 bridgehead atoms. The van der Waals surface area contributed by atoms with Crippen LogP contribution in [0.25, 0.3) is 0 Å². The number of rotatable bonds is 5. The van der Waals surface area contributed by atoms with Crippen LogP contribution in [0.15, 0.2) is 18.6 Å². The molecule has 142 valence electrons. The van der Waals surface area contributed by atoms with Crippen LogP contribution >= 0.6 is 0 Å². The first-order valence-electron chi connectivity index (χ1n) is 9.68. The molecule has 7 heteroatoms. The fourth-order valence-corrected chi connectivity index (χ4v) is 4.12. The zero-order chi connectivity index (χ0) is 17.9. The van der Waals surface area contributed by atoms with Crippen molar-refractivity contribution in [2.24, 2.45) is 13.0 Å². The molecular formula is C19H29N5O2. The average Bonchev–Trinajstić information content (AvgIpc) is 3.26. The second kappa shape index (κ2) is 7.80. The van der Waals surface area contributed by atoms with Crippen LogP contribution in [-0.2, 0) is 16.5 Å². The molecule has 0 radical (unpaired) electrons. The highest BCUT2D eigenvalue weighted by Crippen LogP contribution is 2.33. The van der Waals surface area contributed by atoms with E-state index in [1.165, 1.54) is 5.69 Å². The molecule has 4 rings (SSSR count). The first-order chi connectivity index (χ1) is 12.7. The van der Waals surface area contributed by atoms with Crippen molar-refractivity contribution in [3.8, 4) is 0 Å². The highest BCUT2D eigenvalue weighted by molar-refractivity contribution is 5.46. The number of anilines is 1. The van der Waals surface area contributed by atoms with Gasteiger partial charge in [-0.15, -0.1) is 0 Å². The topological polar surface area (TPSA) is 66.1 Å². The highest BCUT2D eigenvalue weighted by atomic mass is 16.5. The largest absolute Gasteiger partial charge is 0.382 e. The highest BCUT2D eigenvalue weighted by Gasteiger charge is 2.30. The van der Waals surface area contributed by atoms with Crippen molar-refractivity contribution in [2.45, 2.75) is 44.8 Å². The van der Waals surface area contributed by atoms with Gasteiger partial charge in [-0.3, -0.25) is 4.68 Å². The van der Waals surface area contributed by atoms with Crippen LogP contribution in [0.2, 0.25) is 0 Å². The Balaban J connectivity index is 1.43. The SMILES string of the molecule is Cc1c(NC[C@@H]2CCCO[C@H]2c2nccn2C)cnn1C1CCOCC1. The van der Waals surface area contributed by atoms with Crippen LogP contribution in [0, 0.1) is 12.8 Å². The van der Waals surface area contributed by atoms with Gasteiger partial charge >= 0.3 is 0 Å². The molecule has 7 nitrogen and oxygen atoms in total. The van der Waals surface area contributed by atoms with Crippen molar-refractivity contribution in [3.63, 3.8) is 0 Å². The van der Waals surface area contributed by atoms with Gasteiger partial charge in [0.25, 0.3) is 0 Å². The summed E-state index contributed by atoms with van der Waals surface area (Å²) in [5, 5.41) is 8.26. The number of aryl methyl sites for hydroxylation is 1. The summed E-state index contributed by atoms with van der Waals surface area (Å²) in [5.41, 5.74) is 2.34. The van der Waals surface area contributed by atoms with Gasteiger partial charge in [0.1, 0.15) is 11.9 Å². The van der Waals surface area contributed by atoms with E-state index in [1.807, 2.05) is 25.6 Å². The van der Waals surface area contributed by atoms with Gasteiger partial charge in [0.05, 0.1) is 23.6 Å². The number of hydrogen-bond acceptors (Lipinski definition) is 5. The molecular weight excluding hydrogens is 330 g/mol. The Hall–Kier alpha value is -1.86. The monoisotopic (exact) mass is 359 g/mol. The zero-order valence-corrected chi connectivity index (χ0v) is 15.7. The fraction of sp³-hybridized carbons (Fsp3) is 0.684. The molecule has 2 aromatic heterocycles. The predicted octanol–water partition coefficient (Wildman–Crippen LogP) is 2.86. The summed E-state index contributed by atoms with van der Waals surface area (Å²) >= 11 is 0. The standard InChI is InChI=1S/C19H29N5O2/c1-14-17(13-22-24(14)16-5-10-25-11-6-16)21-12-15-4-3-9-26-18(15)19-20-7-8-23(19)2/h7-8,13,15-16,18,21H,3-6,9-12H2,1-2H3/t15-,18+/m0/s1. The molecule has 1 N–H and O–H groups in total. The molecule has 26 heavy (non-hydrogen) atoms. The summed E-state index contributed by atoms with van der Waals surface area (Å²) in [6.07, 6.45) is 10.2. The van der Waals surface area contributed by atoms with Crippen LogP contribution in [0.4, 0.5) is 5.69 Å². The Kier molecular flexibility index (Phi) is 5.26. The number of ether oxygens (including phenoxy) is 2. The Morgan fingerprint density at radius 3 is 2.85 bits per heavy atom. The third-order valence-electron chi connectivity index (χ3n) is 5.69. The van der Waals surface area contributed by atoms with Crippen molar-refractivity contribution in [1.29, 1.82) is 0 Å². The van der Waals surface area contributed by atoms with Crippen LogP contribution in [0.1, 0.15) is 49.3 Å². The van der Waals surface area contributed by atoms with E-state index < -0.39 is 0 Å². The van der Waals surface area contributed by atoms with E-state index in [9.17, 15) is 0 Å². The van der Waals surface area contributed by atoms with Gasteiger partial charge in [-0.25, -0.2) is 4.98 Å². The van der Waals surface area contributed by atoms with Gasteiger partial charge in [-0.05, 0) is 32.6 Å². The molecule has 2 saturated heterocycles. The van der Waals surface area contributed by atoms with E-state index in [1.54, 1.807) is 0 Å². The first kappa shape index (κ1) is 17.5. The molecule has 0 amide bonds. The zero-order valence-electron chi connectivity index (χ0n) is 15.7. The lowest BCUT2D eigenvalue weighted by Crippen LogP contribution is -2.30. The molecule has 0 unspecified atom stereocenters. The van der Waals surface area contributed by atoms with E-state index >= 15 is 0 Å². The summed E-state index contributed by atoms with van der Waals surface area (Å²) in [6.45, 7) is 5.50. The van der Waals surface area contributed by atoms with E-state index in [2.05, 4.69) is 31.6 Å². The van der Waals surface area contributed by atoms with E-state index in [-0.39, 0.29) is 6.10 Å². The second-order valence-corrected chi connectivity index (χ2v) is 7.40. The van der Waals surface area contributed by atoms with Gasteiger partial charge in [0, 0.05) is 51.7 Å². The summed E-state index contributed by atoms with van der Waals surface area (Å²) in [4.78, 5) is 4.51. The molecule has 0 aliphatic carbocycles. The molecule has 2 fully saturated rings. The van der Waals surface area contributed by atoms with Gasteiger partial charge in [-0.1, -0.05) is 0 Å². The van der Waals surface area contributed by atoms with E-state index in [0.717, 1.165) is 63.6 Å². The number of imidazole rings is 1. The molecule has 0 aromatic carbocycles. The maximum absolute atomic E-state index is 6.08. The third-order valence-corrected chi connectivity index (χ3v) is 5.69. The van der Waals surface area contributed by atoms with Gasteiger partial charge in [0.15, 0.2) is 0 Å². The molecule has 4 heterocycles. The normalized spacial score (nSPS) is 24.7. The lowest BCUT2D eigenvalue weighted by Gasteiger charge is -2.31. The maximum Gasteiger partial charge on any atom is 0.138 e. The van der Waals surface area contributed by atoms with Crippen molar-refractivity contribution in [2.75, 3.05) is 31.7 Å². The summed E-state index contributed by atoms with van der Waals surface area (Å²) in [7, 11) is 2.03. The van der Waals surface area contributed by atoms with Crippen molar-refractivity contribution in [1.82, 2.24) is 19.3 Å². The average molecular weight is 359 g/mol. The quantitative estimate of drug-likeness (QED) is 0.889. The van der Waals surface area contributed by atoms with Gasteiger partial charge in [-0.2, -0.15) is 5.10 Å². The smallest absolute Gasteiger partial charge is 0.138 e. The number of nitrogens with zero attached hydrogens (tertiary/aromatic N) is 4. The molecule has 0 saturated carbocycles. The molecule has 2 aliphatic heterocycles. The lowest BCUT2D eigenvalue weighted by atomic mass is 9.93. The summed E-state index contributed by atoms with van der Waals surface area (Å²) in [5.74, 6) is 1.43. The number of nitrogens with one attached hydrogen (secondary N) is 1. The van der Waals surface area contributed by atoms with Crippen LogP contribution in [-0.4, -0.2) is 45.7 Å². The van der Waals surface area contributed by atoms with Gasteiger partial charge in [0.2, 0.25) is 0 Å². The Labute approximate surface area is 154 Å². The maximum atomic E-state index is 6.08. The minimum Gasteiger partial charge on any atom is -0.382 e. The van der Waals surface area contributed by atoms with Crippen LogP contribution in [0.5, 0.6) is 0 Å². The third kappa shape index (κ3) is 3.50. The molecule has 2 aromatic rings. The molecule has 2 aliphatic rings. The minimum atomic E-state index is 0.0575. The predicted molar refractivity (Wildman–Crippen MR) is 99.2 cm³/mol. The fourth-order valence-electron chi connectivity index (χ4n) is 4.12. The Morgan fingerprint density at radius 2 is 2.08 bits per heavy atom. The van der Waals surface area contributed by atoms with Crippen molar-refractivity contribution in [3.05, 3.63) is 30.1 Å². The summed E-state index contributed by atoms with van der Waals surface area (Å²) < 4.78 is 15.8. The molecule has 0 spiro atoms. The first-order valence-corrected chi connectivity index (χ1v) is 9.68. The van der Waals surface area contributed by atoms with Crippen molar-refractivity contribution < 1.29 is 9.47 Å². The number of hydrogen-bond donors (Lipinski definition) is 1. The molecule has 2 atom stereocenters. The number of aromatic nitrogens is 4. The Morgan fingerprint density at radius 1 is 1.23 bits per heavy atom. The van der Waals surface area contributed by atoms with Gasteiger partial charge < -0.3 is 19.4 Å². The van der Waals surface area contributed by atoms with Crippen LogP contribution < -0.4 is 5.32 Å². The van der Waals surface area contributed by atoms with E-state index in [0.29, 0.717) is 12.0 Å². The van der Waals surface area contributed by atoms with Crippen LogP contribution in [0.3, 0.4) is 0 Å². The second-order valence-electron chi connectivity index (χ2n) is 7.40. The minimum absolute atomic E-state index is 0.0575. The van der Waals surface area contributed by atoms with E-state index in [4.69, 9.17) is 9.47 Å².